The number of benzene rings is 2. The van der Waals surface area contributed by atoms with E-state index in [0.29, 0.717) is 17.7 Å². The Bertz CT molecular complexity index is 747. The number of hydrogen-bond donors (Lipinski definition) is 4. The Morgan fingerprint density at radius 2 is 1.92 bits per heavy atom. The van der Waals surface area contributed by atoms with Crippen molar-refractivity contribution in [3.63, 3.8) is 0 Å². The first kappa shape index (κ1) is 18.2. The van der Waals surface area contributed by atoms with Gasteiger partial charge in [-0.3, -0.25) is 14.9 Å². The first-order valence-electron chi connectivity index (χ1n) is 7.72. The number of aliphatic carboxylic acids is 1. The largest absolute Gasteiger partial charge is 0.480 e. The molecule has 25 heavy (non-hydrogen) atoms. The van der Waals surface area contributed by atoms with Gasteiger partial charge in [-0.05, 0) is 24.1 Å². The van der Waals surface area contributed by atoms with Crippen LogP contribution in [0.2, 0.25) is 0 Å². The fourth-order valence-corrected chi connectivity index (χ4v) is 2.31. The molecule has 5 N–H and O–H groups in total. The van der Waals surface area contributed by atoms with Gasteiger partial charge in [-0.25, -0.2) is 0 Å². The van der Waals surface area contributed by atoms with Crippen molar-refractivity contribution in [3.05, 3.63) is 65.7 Å². The van der Waals surface area contributed by atoms with Gasteiger partial charge in [0, 0.05) is 11.3 Å². The SMILES string of the molecule is NN=CNc1cccc(C(=O)CNC(Cc2ccccc2)C(=O)O)c1. The van der Waals surface area contributed by atoms with E-state index in [9.17, 15) is 14.7 Å². The molecule has 0 saturated heterocycles. The van der Waals surface area contributed by atoms with Gasteiger partial charge in [-0.1, -0.05) is 42.5 Å². The molecule has 0 heterocycles. The summed E-state index contributed by atoms with van der Waals surface area (Å²) in [6, 6.07) is 15.2. The topological polar surface area (TPSA) is 117 Å². The number of hydrazone groups is 1. The Morgan fingerprint density at radius 1 is 1.16 bits per heavy atom. The molecule has 0 aliphatic rings. The summed E-state index contributed by atoms with van der Waals surface area (Å²) in [4.78, 5) is 23.7. The number of nitrogens with zero attached hydrogens (tertiary/aromatic N) is 1. The summed E-state index contributed by atoms with van der Waals surface area (Å²) < 4.78 is 0. The van der Waals surface area contributed by atoms with E-state index in [-0.39, 0.29) is 12.3 Å². The third kappa shape index (κ3) is 5.74. The van der Waals surface area contributed by atoms with Crippen LogP contribution in [-0.4, -0.2) is 35.8 Å². The van der Waals surface area contributed by atoms with Gasteiger partial charge < -0.3 is 16.3 Å². The number of carbonyl (C=O) groups is 2. The van der Waals surface area contributed by atoms with Gasteiger partial charge >= 0.3 is 5.97 Å². The highest BCUT2D eigenvalue weighted by Crippen LogP contribution is 2.10. The second-order valence-electron chi connectivity index (χ2n) is 5.39. The normalized spacial score (nSPS) is 12.0. The van der Waals surface area contributed by atoms with Crippen molar-refractivity contribution < 1.29 is 14.7 Å². The van der Waals surface area contributed by atoms with Crippen LogP contribution in [0.25, 0.3) is 0 Å². The molecule has 2 aromatic rings. The van der Waals surface area contributed by atoms with E-state index in [2.05, 4.69) is 15.7 Å². The molecule has 0 spiro atoms. The number of Topliss-reactive ketones (excluding diaryl/α,β-unsaturated/α-hetero) is 1. The predicted octanol–water partition coefficient (Wildman–Crippen LogP) is 1.47. The number of rotatable bonds is 9. The fraction of sp³-hybridized carbons (Fsp3) is 0.167. The molecule has 0 saturated carbocycles. The van der Waals surface area contributed by atoms with Crippen LogP contribution in [0.15, 0.2) is 59.7 Å². The van der Waals surface area contributed by atoms with Gasteiger partial charge in [0.05, 0.1) is 6.54 Å². The molecule has 1 atom stereocenters. The van der Waals surface area contributed by atoms with Crippen LogP contribution in [0, 0.1) is 0 Å². The molecule has 7 heteroatoms. The average Bonchev–Trinajstić information content (AvgIpc) is 2.64. The second-order valence-corrected chi connectivity index (χ2v) is 5.39. The van der Waals surface area contributed by atoms with Gasteiger partial charge in [0.25, 0.3) is 0 Å². The molecule has 130 valence electrons. The lowest BCUT2D eigenvalue weighted by Gasteiger charge is -2.14. The Hall–Kier alpha value is -3.19. The van der Waals surface area contributed by atoms with Gasteiger partial charge in [-0.15, -0.1) is 0 Å². The number of hydrogen-bond acceptors (Lipinski definition) is 5. The number of nitrogens with two attached hydrogens (primary N) is 1. The molecule has 0 aromatic heterocycles. The molecule has 1 unspecified atom stereocenters. The fourth-order valence-electron chi connectivity index (χ4n) is 2.31. The number of ketones is 1. The van der Waals surface area contributed by atoms with E-state index in [1.807, 2.05) is 30.3 Å². The molecule has 2 aromatic carbocycles. The highest BCUT2D eigenvalue weighted by Gasteiger charge is 2.19. The van der Waals surface area contributed by atoms with Crippen LogP contribution in [-0.2, 0) is 11.2 Å². The van der Waals surface area contributed by atoms with E-state index >= 15 is 0 Å². The molecule has 0 aliphatic heterocycles. The van der Waals surface area contributed by atoms with E-state index in [1.54, 1.807) is 24.3 Å². The summed E-state index contributed by atoms with van der Waals surface area (Å²) in [6.07, 6.45) is 1.61. The van der Waals surface area contributed by atoms with Gasteiger partial charge in [-0.2, -0.15) is 5.10 Å². The maximum absolute atomic E-state index is 12.3. The van der Waals surface area contributed by atoms with E-state index in [4.69, 9.17) is 5.84 Å². The van der Waals surface area contributed by atoms with Crippen molar-refractivity contribution in [3.8, 4) is 0 Å². The Balaban J connectivity index is 1.98. The van der Waals surface area contributed by atoms with Crippen molar-refractivity contribution in [2.24, 2.45) is 10.9 Å². The summed E-state index contributed by atoms with van der Waals surface area (Å²) in [7, 11) is 0. The van der Waals surface area contributed by atoms with Crippen molar-refractivity contribution in [1.82, 2.24) is 5.32 Å². The summed E-state index contributed by atoms with van der Waals surface area (Å²) in [5.41, 5.74) is 2.02. The average molecular weight is 340 g/mol. The number of nitrogens with one attached hydrogen (secondary N) is 2. The van der Waals surface area contributed by atoms with Crippen LogP contribution >= 0.6 is 0 Å². The van der Waals surface area contributed by atoms with Gasteiger partial charge in [0.1, 0.15) is 12.4 Å². The lowest BCUT2D eigenvalue weighted by molar-refractivity contribution is -0.139. The third-order valence-corrected chi connectivity index (χ3v) is 3.58. The maximum atomic E-state index is 12.3. The van der Waals surface area contributed by atoms with Crippen molar-refractivity contribution in [2.75, 3.05) is 11.9 Å². The predicted molar refractivity (Wildman–Crippen MR) is 96.6 cm³/mol. The number of carboxylic acids is 1. The highest BCUT2D eigenvalue weighted by atomic mass is 16.4. The van der Waals surface area contributed by atoms with Crippen molar-refractivity contribution in [2.45, 2.75) is 12.5 Å². The minimum atomic E-state index is -0.994. The molecular weight excluding hydrogens is 320 g/mol. The van der Waals surface area contributed by atoms with Gasteiger partial charge in [0.15, 0.2) is 5.78 Å². The Labute approximate surface area is 145 Å². The maximum Gasteiger partial charge on any atom is 0.321 e. The van der Waals surface area contributed by atoms with E-state index in [1.165, 1.54) is 6.34 Å². The van der Waals surface area contributed by atoms with Crippen LogP contribution in [0.5, 0.6) is 0 Å². The second kappa shape index (κ2) is 9.19. The molecule has 0 aliphatic carbocycles. The molecule has 0 amide bonds. The molecule has 0 radical (unpaired) electrons. The molecular formula is C18H20N4O3. The van der Waals surface area contributed by atoms with Crippen LogP contribution in [0.4, 0.5) is 5.69 Å². The zero-order valence-corrected chi connectivity index (χ0v) is 13.6. The van der Waals surface area contributed by atoms with Crippen LogP contribution in [0.3, 0.4) is 0 Å². The minimum Gasteiger partial charge on any atom is -0.480 e. The van der Waals surface area contributed by atoms with Crippen molar-refractivity contribution >= 4 is 23.8 Å². The highest BCUT2D eigenvalue weighted by molar-refractivity contribution is 5.99. The lowest BCUT2D eigenvalue weighted by Crippen LogP contribution is -2.41. The van der Waals surface area contributed by atoms with E-state index < -0.39 is 12.0 Å². The Morgan fingerprint density at radius 3 is 2.60 bits per heavy atom. The first-order chi connectivity index (χ1) is 12.1. The number of carboxylic acid groups (broad SMARTS) is 1. The quantitative estimate of drug-likeness (QED) is 0.181. The Kier molecular flexibility index (Phi) is 6.67. The number of carbonyl (C=O) groups excluding carboxylic acids is 1. The third-order valence-electron chi connectivity index (χ3n) is 3.58. The van der Waals surface area contributed by atoms with Crippen molar-refractivity contribution in [1.29, 1.82) is 0 Å². The van der Waals surface area contributed by atoms with Crippen LogP contribution < -0.4 is 16.5 Å². The summed E-state index contributed by atoms with van der Waals surface area (Å²) in [6.45, 7) is -0.0712. The monoisotopic (exact) mass is 340 g/mol. The molecule has 0 bridgehead atoms. The minimum absolute atomic E-state index is 0.0712. The smallest absolute Gasteiger partial charge is 0.321 e. The molecule has 7 nitrogen and oxygen atoms in total. The van der Waals surface area contributed by atoms with Crippen LogP contribution in [0.1, 0.15) is 15.9 Å². The summed E-state index contributed by atoms with van der Waals surface area (Å²) in [5.74, 6) is 3.83. The van der Waals surface area contributed by atoms with Gasteiger partial charge in [0.2, 0.25) is 0 Å². The van der Waals surface area contributed by atoms with E-state index in [0.717, 1.165) is 5.56 Å². The summed E-state index contributed by atoms with van der Waals surface area (Å²) >= 11 is 0. The molecule has 2 rings (SSSR count). The lowest BCUT2D eigenvalue weighted by atomic mass is 10.1. The number of anilines is 1. The summed E-state index contributed by atoms with van der Waals surface area (Å²) in [5, 5.41) is 18.3. The zero-order valence-electron chi connectivity index (χ0n) is 13.6. The zero-order chi connectivity index (χ0) is 18.1. The molecule has 0 fully saturated rings. The standard InChI is InChI=1S/C18H20N4O3/c19-22-12-21-15-8-4-7-14(10-15)17(23)11-20-16(18(24)25)9-13-5-2-1-3-6-13/h1-8,10,12,16,20H,9,11,19H2,(H,21,22)(H,24,25). The first-order valence-corrected chi connectivity index (χ1v) is 7.72.